The fourth-order valence-corrected chi connectivity index (χ4v) is 11.3. The zero-order valence-corrected chi connectivity index (χ0v) is 29.1. The van der Waals surface area contributed by atoms with Crippen molar-refractivity contribution >= 4 is 16.4 Å². The van der Waals surface area contributed by atoms with E-state index in [0.717, 1.165) is 19.3 Å². The number of fused-ring (bicyclic) bond motifs is 5. The van der Waals surface area contributed by atoms with Crippen LogP contribution in [0.15, 0.2) is 11.6 Å². The Balaban J connectivity index is 1.23. The number of aliphatic carboxylic acids is 1. The number of aliphatic hydroxyl groups is 3. The molecule has 12 nitrogen and oxygen atoms in total. The Morgan fingerprint density at radius 3 is 2.30 bits per heavy atom. The van der Waals surface area contributed by atoms with Crippen LogP contribution in [-0.2, 0) is 33.6 Å². The minimum absolute atomic E-state index is 0.0256. The monoisotopic (exact) mass is 686 g/mol. The van der Waals surface area contributed by atoms with Gasteiger partial charge in [-0.15, -0.1) is 0 Å². The zero-order valence-electron chi connectivity index (χ0n) is 28.3. The lowest BCUT2D eigenvalue weighted by Gasteiger charge is -2.59. The average Bonchev–Trinajstić information content (AvgIpc) is 3.70. The number of carboxylic acids is 1. The summed E-state index contributed by atoms with van der Waals surface area (Å²) in [5.41, 5.74) is 0.906. The fraction of sp³-hybridized carbons (Fsp3) is 0.912. The van der Waals surface area contributed by atoms with Gasteiger partial charge in [-0.25, -0.2) is 8.98 Å². The summed E-state index contributed by atoms with van der Waals surface area (Å²) < 4.78 is 57.5. The van der Waals surface area contributed by atoms with Gasteiger partial charge in [-0.1, -0.05) is 53.2 Å². The second-order valence-corrected chi connectivity index (χ2v) is 17.4. The predicted molar refractivity (Wildman–Crippen MR) is 168 cm³/mol. The van der Waals surface area contributed by atoms with E-state index >= 15 is 0 Å². The van der Waals surface area contributed by atoms with Crippen molar-refractivity contribution in [3.8, 4) is 0 Å². The Bertz CT molecular complexity index is 1340. The van der Waals surface area contributed by atoms with E-state index < -0.39 is 64.7 Å². The highest BCUT2D eigenvalue weighted by molar-refractivity contribution is 7.80. The van der Waals surface area contributed by atoms with E-state index in [1.165, 1.54) is 5.57 Å². The van der Waals surface area contributed by atoms with Crippen molar-refractivity contribution in [1.29, 1.82) is 0 Å². The van der Waals surface area contributed by atoms with E-state index in [-0.39, 0.29) is 23.4 Å². The Morgan fingerprint density at radius 1 is 0.957 bits per heavy atom. The van der Waals surface area contributed by atoms with Gasteiger partial charge in [0.1, 0.15) is 18.3 Å². The molecule has 2 heterocycles. The molecule has 4 aliphatic carbocycles. The highest BCUT2D eigenvalue weighted by Gasteiger charge is 2.63. The van der Waals surface area contributed by atoms with Gasteiger partial charge in [0.25, 0.3) is 0 Å². The lowest BCUT2D eigenvalue weighted by molar-refractivity contribution is -0.309. The first-order valence-electron chi connectivity index (χ1n) is 17.5. The van der Waals surface area contributed by atoms with Crippen molar-refractivity contribution in [3.63, 3.8) is 0 Å². The molecular formula is C34H54O12S. The summed E-state index contributed by atoms with van der Waals surface area (Å²) >= 11 is 0. The molecule has 5 N–H and O–H groups in total. The van der Waals surface area contributed by atoms with Gasteiger partial charge >= 0.3 is 16.4 Å². The Morgan fingerprint density at radius 2 is 1.66 bits per heavy atom. The quantitative estimate of drug-likeness (QED) is 0.103. The van der Waals surface area contributed by atoms with Crippen LogP contribution in [-0.4, -0.2) is 94.5 Å². The van der Waals surface area contributed by atoms with Crippen LogP contribution in [0.5, 0.6) is 0 Å². The minimum Gasteiger partial charge on any atom is -0.479 e. The zero-order chi connectivity index (χ0) is 34.4. The van der Waals surface area contributed by atoms with Gasteiger partial charge in [0, 0.05) is 0 Å². The van der Waals surface area contributed by atoms with E-state index in [2.05, 4.69) is 47.6 Å². The largest absolute Gasteiger partial charge is 0.479 e. The third kappa shape index (κ3) is 6.24. The van der Waals surface area contributed by atoms with Gasteiger partial charge < -0.3 is 34.6 Å². The molecule has 6 aliphatic rings. The summed E-state index contributed by atoms with van der Waals surface area (Å²) in [5.74, 6) is 0.509. The third-order valence-corrected chi connectivity index (χ3v) is 14.2. The van der Waals surface area contributed by atoms with Crippen molar-refractivity contribution in [3.05, 3.63) is 11.6 Å². The van der Waals surface area contributed by atoms with Gasteiger partial charge in [0.2, 0.25) is 0 Å². The molecule has 0 spiro atoms. The first-order valence-corrected chi connectivity index (χ1v) is 18.8. The Kier molecular flexibility index (Phi) is 9.53. The molecule has 0 aromatic rings. The van der Waals surface area contributed by atoms with Crippen molar-refractivity contribution in [2.75, 3.05) is 0 Å². The molecule has 2 saturated heterocycles. The molecule has 2 aliphatic heterocycles. The number of carboxylic acid groups (broad SMARTS) is 1. The summed E-state index contributed by atoms with van der Waals surface area (Å²) in [6.45, 7) is 13.6. The molecule has 0 aromatic heterocycles. The average molecular weight is 687 g/mol. The molecule has 0 amide bonds. The molecule has 0 bridgehead atoms. The second-order valence-electron chi connectivity index (χ2n) is 16.4. The van der Waals surface area contributed by atoms with Crippen molar-refractivity contribution in [2.45, 2.75) is 142 Å². The van der Waals surface area contributed by atoms with Gasteiger partial charge in [-0.05, 0) is 97.2 Å². The molecule has 5 fully saturated rings. The molecule has 47 heavy (non-hydrogen) atoms. The van der Waals surface area contributed by atoms with Crippen LogP contribution in [0.4, 0.5) is 0 Å². The van der Waals surface area contributed by atoms with Gasteiger partial charge in [-0.3, -0.25) is 4.55 Å². The van der Waals surface area contributed by atoms with E-state index in [1.807, 2.05) is 0 Å². The molecule has 6 rings (SSSR count). The van der Waals surface area contributed by atoms with E-state index in [9.17, 15) is 38.2 Å². The number of carbonyl (C=O) groups is 1. The fourth-order valence-electron chi connectivity index (χ4n) is 10.7. The van der Waals surface area contributed by atoms with Crippen LogP contribution in [0.2, 0.25) is 0 Å². The van der Waals surface area contributed by atoms with Gasteiger partial charge in [0.05, 0.1) is 24.4 Å². The molecular weight excluding hydrogens is 632 g/mol. The number of rotatable bonds is 9. The standard InChI is InChI=1S/C34H54O12S/c1-15(2)16(3)28-29(44-28)17(4)20-7-8-21-19-14-24(46-47(40,41)42)23-13-18(9-11-34(23,6)22(19)10-12-33(20,21)5)43-32-27(37)25(35)26(36)30(45-32)31(38)39/h10,15-21,23-30,32,35-37H,7-9,11-14H2,1-6H3,(H,38,39)(H,40,41,42)/t16-,17-,18-,19-,20+,21-,23+,24-,25-,26-,27+,28-,29-,30-,32+,33+,34+/m0/s1. The van der Waals surface area contributed by atoms with Crippen molar-refractivity contribution in [2.24, 2.45) is 52.3 Å². The number of epoxide rings is 1. The Hall–Kier alpha value is -1.16. The van der Waals surface area contributed by atoms with Crippen LogP contribution in [0, 0.1) is 52.3 Å². The molecule has 3 saturated carbocycles. The Labute approximate surface area is 278 Å². The topological polar surface area (TPSA) is 193 Å². The molecule has 0 unspecified atom stereocenters. The first kappa shape index (κ1) is 35.7. The summed E-state index contributed by atoms with van der Waals surface area (Å²) in [6.07, 6.45) is -2.13. The number of allylic oxidation sites excluding steroid dienone is 2. The molecule has 0 aromatic carbocycles. The first-order chi connectivity index (χ1) is 21.9. The normalized spacial score (nSPS) is 49.3. The number of ether oxygens (including phenoxy) is 3. The van der Waals surface area contributed by atoms with Crippen molar-refractivity contribution < 1.29 is 56.6 Å². The van der Waals surface area contributed by atoms with E-state index in [0.29, 0.717) is 61.4 Å². The van der Waals surface area contributed by atoms with Gasteiger partial charge in [0.15, 0.2) is 12.4 Å². The molecule has 13 heteroatoms. The van der Waals surface area contributed by atoms with E-state index in [4.69, 9.17) is 18.4 Å². The van der Waals surface area contributed by atoms with Crippen LogP contribution < -0.4 is 0 Å². The third-order valence-electron chi connectivity index (χ3n) is 13.7. The number of hydrogen-bond donors (Lipinski definition) is 5. The number of hydrogen-bond acceptors (Lipinski definition) is 10. The number of aliphatic hydroxyl groups excluding tert-OH is 3. The molecule has 268 valence electrons. The van der Waals surface area contributed by atoms with Crippen molar-refractivity contribution in [1.82, 2.24) is 0 Å². The lowest BCUT2D eigenvalue weighted by atomic mass is 9.47. The highest BCUT2D eigenvalue weighted by atomic mass is 32.3. The smallest absolute Gasteiger partial charge is 0.397 e. The highest BCUT2D eigenvalue weighted by Crippen LogP contribution is 2.67. The maximum Gasteiger partial charge on any atom is 0.397 e. The lowest BCUT2D eigenvalue weighted by Crippen LogP contribution is -2.61. The van der Waals surface area contributed by atoms with Crippen LogP contribution >= 0.6 is 0 Å². The summed E-state index contributed by atoms with van der Waals surface area (Å²) in [5, 5.41) is 40.4. The summed E-state index contributed by atoms with van der Waals surface area (Å²) in [7, 11) is -4.78. The van der Waals surface area contributed by atoms with Crippen LogP contribution in [0.25, 0.3) is 0 Å². The van der Waals surface area contributed by atoms with Crippen LogP contribution in [0.1, 0.15) is 86.5 Å². The van der Waals surface area contributed by atoms with Gasteiger partial charge in [-0.2, -0.15) is 8.42 Å². The summed E-state index contributed by atoms with van der Waals surface area (Å²) in [4.78, 5) is 11.6. The predicted octanol–water partition coefficient (Wildman–Crippen LogP) is 3.34. The SMILES string of the molecule is CC(C)[C@H](C)[C@@H]1O[C@H]1[C@@H](C)[C@H]1CC[C@H]2[C@@H]3C[C@H](OS(=O)(=O)O)[C@H]4C[C@@H](O[C@@H]5O[C@H](C(=O)O)[C@@H](O)[C@H](O)[C@H]5O)CC[C@]4(C)C3=CC[C@]12C. The maximum atomic E-state index is 12.2. The van der Waals surface area contributed by atoms with E-state index in [1.54, 1.807) is 0 Å². The maximum absolute atomic E-state index is 12.2. The molecule has 0 radical (unpaired) electrons. The summed E-state index contributed by atoms with van der Waals surface area (Å²) in [6, 6.07) is 0. The van der Waals surface area contributed by atoms with Crippen LogP contribution in [0.3, 0.4) is 0 Å². The molecule has 17 atom stereocenters. The second kappa shape index (κ2) is 12.6. The minimum atomic E-state index is -4.78.